The van der Waals surface area contributed by atoms with Crippen LogP contribution >= 0.6 is 0 Å². The van der Waals surface area contributed by atoms with Crippen molar-refractivity contribution in [3.8, 4) is 33.4 Å². The third-order valence-electron chi connectivity index (χ3n) is 9.50. The molecule has 7 aromatic rings. The van der Waals surface area contributed by atoms with Crippen LogP contribution in [0.15, 0.2) is 170 Å². The molecule has 5 heteroatoms. The van der Waals surface area contributed by atoms with Crippen molar-refractivity contribution in [3.63, 3.8) is 0 Å². The molecule has 0 heterocycles. The van der Waals surface area contributed by atoms with Gasteiger partial charge < -0.3 is 24.8 Å². The fourth-order valence-electron chi connectivity index (χ4n) is 6.80. The van der Waals surface area contributed by atoms with Gasteiger partial charge in [0.25, 0.3) is 0 Å². The van der Waals surface area contributed by atoms with E-state index in [1.54, 1.807) is 23.3 Å². The Morgan fingerprint density at radius 3 is 1.40 bits per heavy atom. The Kier molecular flexibility index (Phi) is 17.9. The second kappa shape index (κ2) is 21.1. The smallest absolute Gasteiger partial charge is 0.214 e. The molecule has 1 aliphatic rings. The number of hydrogen-bond acceptors (Lipinski definition) is 0. The predicted molar refractivity (Wildman–Crippen MR) is 222 cm³/mol. The average Bonchev–Trinajstić information content (AvgIpc) is 3.86. The summed E-state index contributed by atoms with van der Waals surface area (Å²) in [5.41, 5.74) is 13.0. The van der Waals surface area contributed by atoms with Gasteiger partial charge >= 0.3 is 126 Å². The molecule has 0 atom stereocenters. The van der Waals surface area contributed by atoms with Gasteiger partial charge in [-0.1, -0.05) is 131 Å². The van der Waals surface area contributed by atoms with E-state index >= 15 is 0 Å². The fraction of sp³-hybridized carbons (Fsp3) is 0.180. The SMILES string of the molecule is CC(C)(C)c1cc2c([c-]c1-c1ccccc1)Cc1cc(-c3ccccc3)c(C(C)(C)C)cc1-2.[Cl-].[Cl-].[Zr+2]=[Si](c1ccccc1)c1ccccc1.[Zr+4].c1cc[cH-]c1. The Bertz CT molecular complexity index is 2060. The van der Waals surface area contributed by atoms with Gasteiger partial charge in [-0.2, -0.15) is 18.2 Å². The molecule has 1 aliphatic carbocycles. The van der Waals surface area contributed by atoms with E-state index in [9.17, 15) is 0 Å². The molecular weight excluding hydrogens is 882 g/mol. The van der Waals surface area contributed by atoms with E-state index in [1.807, 2.05) is 30.3 Å². The third kappa shape index (κ3) is 11.9. The van der Waals surface area contributed by atoms with Gasteiger partial charge in [0, 0.05) is 0 Å². The Labute approximate surface area is 376 Å². The molecule has 0 radical (unpaired) electrons. The molecule has 0 unspecified atom stereocenters. The van der Waals surface area contributed by atoms with Crippen LogP contribution < -0.4 is 35.2 Å². The summed E-state index contributed by atoms with van der Waals surface area (Å²) >= 11 is 1.64. The Hall–Kier alpha value is -2.77. The molecule has 0 N–H and O–H groups in total. The zero-order valence-electron chi connectivity index (χ0n) is 32.6. The van der Waals surface area contributed by atoms with E-state index in [4.69, 9.17) is 0 Å². The number of hydrogen-bond donors (Lipinski definition) is 0. The molecule has 55 heavy (non-hydrogen) atoms. The van der Waals surface area contributed by atoms with E-state index in [0.29, 0.717) is 0 Å². The molecule has 0 nitrogen and oxygen atoms in total. The molecule has 0 amide bonds. The summed E-state index contributed by atoms with van der Waals surface area (Å²) in [5, 5.41) is 3.03. The summed E-state index contributed by atoms with van der Waals surface area (Å²) in [4.78, 5) is 0. The molecule has 7 aromatic carbocycles. The van der Waals surface area contributed by atoms with Gasteiger partial charge in [-0.3, -0.25) is 0 Å². The first-order valence-corrected chi connectivity index (χ1v) is 23.4. The van der Waals surface area contributed by atoms with E-state index in [-0.39, 0.29) is 61.8 Å². The molecule has 0 saturated heterocycles. The molecule has 272 valence electrons. The minimum absolute atomic E-state index is 0. The number of benzene rings is 6. The summed E-state index contributed by atoms with van der Waals surface area (Å²) in [7, 11) is 0. The summed E-state index contributed by atoms with van der Waals surface area (Å²) in [6.07, 6.45) is 0.944. The van der Waals surface area contributed by atoms with Crippen LogP contribution in [-0.2, 0) is 66.8 Å². The first kappa shape index (κ1) is 46.6. The van der Waals surface area contributed by atoms with Crippen LogP contribution in [0.2, 0.25) is 0 Å². The maximum Gasteiger partial charge on any atom is 4.00 e. The van der Waals surface area contributed by atoms with Gasteiger partial charge in [0.15, 0.2) is 0 Å². The maximum atomic E-state index is 3.88. The van der Waals surface area contributed by atoms with Gasteiger partial charge in [-0.05, 0) is 39.5 Å². The van der Waals surface area contributed by atoms with Crippen molar-refractivity contribution >= 4 is 15.8 Å². The third-order valence-corrected chi connectivity index (χ3v) is 15.6. The summed E-state index contributed by atoms with van der Waals surface area (Å²) in [6, 6.07) is 64.5. The first-order valence-electron chi connectivity index (χ1n) is 18.2. The minimum atomic E-state index is -0.455. The van der Waals surface area contributed by atoms with Crippen LogP contribution in [-0.4, -0.2) is 5.43 Å². The van der Waals surface area contributed by atoms with E-state index < -0.39 is 5.43 Å². The monoisotopic (exact) mass is 926 g/mol. The standard InChI is InChI=1S/C33H33.C12H10Si.C5H5.2ClH.2Zr/c1-32(2,3)30-20-26-24(18-28(30)22-13-9-7-10-14-22)17-25-19-29(23-15-11-8-12-16-23)31(21-27(25)26)33(4,5)6;1-3-7-11(8-4-1)13-12-9-5-2-6-10-12;1-2-4-5-3-1;;;;/h7-16,18,20-21H,17H2,1-6H3;1-10H;1-5H;2*1H;;/q-1;;-1;;;+2;+4/p-2. The molecule has 0 aromatic heterocycles. The molecule has 0 aliphatic heterocycles. The minimum Gasteiger partial charge on any atom is -0.214 e. The summed E-state index contributed by atoms with van der Waals surface area (Å²) < 4.78 is 0. The Morgan fingerprint density at radius 2 is 0.964 bits per heavy atom. The van der Waals surface area contributed by atoms with Crippen LogP contribution in [0.5, 0.6) is 0 Å². The van der Waals surface area contributed by atoms with E-state index in [2.05, 4.69) is 187 Å². The average molecular weight is 930 g/mol. The van der Waals surface area contributed by atoms with Crippen LogP contribution in [0.3, 0.4) is 0 Å². The topological polar surface area (TPSA) is 0 Å². The van der Waals surface area contributed by atoms with Crippen molar-refractivity contribution in [1.82, 2.24) is 0 Å². The van der Waals surface area contributed by atoms with Crippen LogP contribution in [0, 0.1) is 6.07 Å². The Morgan fingerprint density at radius 1 is 0.527 bits per heavy atom. The maximum absolute atomic E-state index is 3.88. The number of fused-ring (bicyclic) bond motifs is 3. The van der Waals surface area contributed by atoms with Crippen molar-refractivity contribution in [2.45, 2.75) is 58.8 Å². The van der Waals surface area contributed by atoms with Crippen LogP contribution in [0.4, 0.5) is 0 Å². The van der Waals surface area contributed by atoms with Gasteiger partial charge in [0.05, 0.1) is 0 Å². The predicted octanol–water partition coefficient (Wildman–Crippen LogP) is 5.74. The normalized spacial score (nSPS) is 11.1. The van der Waals surface area contributed by atoms with Crippen molar-refractivity contribution in [2.24, 2.45) is 0 Å². The van der Waals surface area contributed by atoms with Crippen LogP contribution in [0.25, 0.3) is 33.4 Å². The van der Waals surface area contributed by atoms with Crippen molar-refractivity contribution in [1.29, 1.82) is 0 Å². The molecular formula is C50H48Cl2SiZr2+2. The summed E-state index contributed by atoms with van der Waals surface area (Å²) in [6.45, 7) is 13.9. The molecule has 0 saturated carbocycles. The van der Waals surface area contributed by atoms with E-state index in [0.717, 1.165) is 6.42 Å². The van der Waals surface area contributed by atoms with Gasteiger partial charge in [0.1, 0.15) is 0 Å². The zero-order chi connectivity index (χ0) is 36.7. The summed E-state index contributed by atoms with van der Waals surface area (Å²) in [5.74, 6) is 0. The first-order chi connectivity index (χ1) is 25.0. The Balaban J connectivity index is 0.000000306. The largest absolute Gasteiger partial charge is 4.00 e. The molecule has 8 rings (SSSR count). The molecule has 0 bridgehead atoms. The van der Waals surface area contributed by atoms with Gasteiger partial charge in [-0.25, -0.2) is 12.1 Å². The second-order valence-electron chi connectivity index (χ2n) is 15.5. The second-order valence-corrected chi connectivity index (χ2v) is 21.1. The van der Waals surface area contributed by atoms with Gasteiger partial charge in [0.2, 0.25) is 0 Å². The van der Waals surface area contributed by atoms with Crippen molar-refractivity contribution < 1.29 is 74.4 Å². The fourth-order valence-corrected chi connectivity index (χ4v) is 10.6. The molecule has 0 fully saturated rings. The van der Waals surface area contributed by atoms with Gasteiger partial charge in [-0.15, -0.1) is 28.8 Å². The number of halogens is 2. The number of rotatable bonds is 4. The van der Waals surface area contributed by atoms with Crippen LogP contribution in [0.1, 0.15) is 63.8 Å². The molecule has 0 spiro atoms. The zero-order valence-corrected chi connectivity index (χ0v) is 40.1. The quantitative estimate of drug-likeness (QED) is 0.156. The van der Waals surface area contributed by atoms with Crippen molar-refractivity contribution in [3.05, 3.63) is 198 Å². The van der Waals surface area contributed by atoms with E-state index in [1.165, 1.54) is 66.0 Å². The van der Waals surface area contributed by atoms with Crippen molar-refractivity contribution in [2.75, 3.05) is 0 Å².